The molecule has 1 aromatic heterocycles. The monoisotopic (exact) mass is 367 g/mol. The molecule has 3 saturated heterocycles. The lowest BCUT2D eigenvalue weighted by Gasteiger charge is -2.45. The van der Waals surface area contributed by atoms with Crippen molar-refractivity contribution in [1.82, 2.24) is 14.9 Å². The van der Waals surface area contributed by atoms with Crippen LogP contribution in [0.4, 0.5) is 11.5 Å². The van der Waals surface area contributed by atoms with Gasteiger partial charge in [-0.2, -0.15) is 9.97 Å². The fourth-order valence-corrected chi connectivity index (χ4v) is 4.30. The van der Waals surface area contributed by atoms with E-state index in [9.17, 15) is 0 Å². The lowest BCUT2D eigenvalue weighted by atomic mass is 9.75. The van der Waals surface area contributed by atoms with E-state index in [0.717, 1.165) is 11.6 Å². The number of aryl methyl sites for hydroxylation is 1. The smallest absolute Gasteiger partial charge is 0.318 e. The number of benzene rings is 1. The molecule has 2 aromatic rings. The molecule has 27 heavy (non-hydrogen) atoms. The molecule has 0 spiro atoms. The predicted molar refractivity (Wildman–Crippen MR) is 108 cm³/mol. The van der Waals surface area contributed by atoms with Crippen LogP contribution < -0.4 is 15.8 Å². The van der Waals surface area contributed by atoms with Gasteiger partial charge in [-0.05, 0) is 62.7 Å². The topological polar surface area (TPSA) is 76.3 Å². The van der Waals surface area contributed by atoms with Crippen molar-refractivity contribution in [1.29, 1.82) is 0 Å². The number of aromatic nitrogens is 2. The molecular formula is C21H29N5O. The van der Waals surface area contributed by atoms with E-state index in [1.165, 1.54) is 43.6 Å². The van der Waals surface area contributed by atoms with Gasteiger partial charge in [0.05, 0.1) is 18.0 Å². The van der Waals surface area contributed by atoms with Crippen LogP contribution in [0, 0.1) is 12.8 Å². The van der Waals surface area contributed by atoms with Gasteiger partial charge in [-0.1, -0.05) is 24.3 Å². The summed E-state index contributed by atoms with van der Waals surface area (Å²) in [6, 6.07) is 9.39. The van der Waals surface area contributed by atoms with Crippen molar-refractivity contribution in [2.75, 3.05) is 37.3 Å². The van der Waals surface area contributed by atoms with Crippen molar-refractivity contribution in [2.45, 2.75) is 39.2 Å². The SMILES string of the molecule is CCOc1nc(C)c(N)c(NCc2ccc(C3CN4CCC3CC4)cc2)n1. The molecule has 1 atom stereocenters. The minimum Gasteiger partial charge on any atom is -0.464 e. The Balaban J connectivity index is 1.42. The van der Waals surface area contributed by atoms with E-state index in [2.05, 4.69) is 44.5 Å². The maximum Gasteiger partial charge on any atom is 0.318 e. The first kappa shape index (κ1) is 18.0. The van der Waals surface area contributed by atoms with Crippen molar-refractivity contribution in [2.24, 2.45) is 5.92 Å². The molecule has 3 N–H and O–H groups in total. The van der Waals surface area contributed by atoms with Gasteiger partial charge in [0.25, 0.3) is 0 Å². The van der Waals surface area contributed by atoms with Crippen LogP contribution in [-0.4, -0.2) is 41.1 Å². The normalized spacial score (nSPS) is 24.0. The molecule has 0 saturated carbocycles. The molecule has 0 amide bonds. The van der Waals surface area contributed by atoms with Gasteiger partial charge < -0.3 is 20.7 Å². The second-order valence-corrected chi connectivity index (χ2v) is 7.63. The highest BCUT2D eigenvalue weighted by Gasteiger charge is 2.34. The number of anilines is 2. The third kappa shape index (κ3) is 3.86. The fraction of sp³-hybridized carbons (Fsp3) is 0.524. The Morgan fingerprint density at radius 1 is 1.19 bits per heavy atom. The van der Waals surface area contributed by atoms with E-state index in [1.54, 1.807) is 0 Å². The lowest BCUT2D eigenvalue weighted by Crippen LogP contribution is -2.46. The molecule has 0 aliphatic carbocycles. The van der Waals surface area contributed by atoms with E-state index >= 15 is 0 Å². The van der Waals surface area contributed by atoms with Crippen LogP contribution in [0.25, 0.3) is 0 Å². The Hall–Kier alpha value is -2.34. The number of nitrogens with two attached hydrogens (primary N) is 1. The maximum absolute atomic E-state index is 6.12. The molecule has 144 valence electrons. The molecule has 3 aliphatic heterocycles. The van der Waals surface area contributed by atoms with Gasteiger partial charge >= 0.3 is 6.01 Å². The van der Waals surface area contributed by atoms with E-state index < -0.39 is 0 Å². The van der Waals surface area contributed by atoms with Gasteiger partial charge in [0.2, 0.25) is 0 Å². The van der Waals surface area contributed by atoms with Gasteiger partial charge in [-0.15, -0.1) is 0 Å². The molecule has 3 aliphatic rings. The summed E-state index contributed by atoms with van der Waals surface area (Å²) in [5.41, 5.74) is 10.1. The fourth-order valence-electron chi connectivity index (χ4n) is 4.30. The number of hydrogen-bond donors (Lipinski definition) is 2. The Bertz CT molecular complexity index is 784. The van der Waals surface area contributed by atoms with Crippen LogP contribution in [0.5, 0.6) is 6.01 Å². The Morgan fingerprint density at radius 2 is 1.93 bits per heavy atom. The number of ether oxygens (including phenoxy) is 1. The summed E-state index contributed by atoms with van der Waals surface area (Å²) in [4.78, 5) is 11.2. The molecule has 5 rings (SSSR count). The summed E-state index contributed by atoms with van der Waals surface area (Å²) < 4.78 is 5.42. The number of hydrogen-bond acceptors (Lipinski definition) is 6. The van der Waals surface area contributed by atoms with Gasteiger partial charge in [0.1, 0.15) is 0 Å². The Morgan fingerprint density at radius 3 is 2.56 bits per heavy atom. The van der Waals surface area contributed by atoms with E-state index in [4.69, 9.17) is 10.5 Å². The number of nitrogens with zero attached hydrogens (tertiary/aromatic N) is 3. The van der Waals surface area contributed by atoms with E-state index in [-0.39, 0.29) is 0 Å². The van der Waals surface area contributed by atoms with Gasteiger partial charge in [-0.25, -0.2) is 0 Å². The summed E-state index contributed by atoms with van der Waals surface area (Å²) in [5.74, 6) is 2.19. The summed E-state index contributed by atoms with van der Waals surface area (Å²) in [6.07, 6.45) is 2.70. The predicted octanol–water partition coefficient (Wildman–Crippen LogP) is 3.19. The number of piperidine rings is 3. The molecule has 3 fully saturated rings. The van der Waals surface area contributed by atoms with Gasteiger partial charge in [-0.3, -0.25) is 0 Å². The van der Waals surface area contributed by atoms with E-state index in [1.807, 2.05) is 13.8 Å². The third-order valence-corrected chi connectivity index (χ3v) is 5.91. The summed E-state index contributed by atoms with van der Waals surface area (Å²) in [5, 5.41) is 3.33. The highest BCUT2D eigenvalue weighted by molar-refractivity contribution is 5.64. The third-order valence-electron chi connectivity index (χ3n) is 5.91. The zero-order valence-corrected chi connectivity index (χ0v) is 16.2. The summed E-state index contributed by atoms with van der Waals surface area (Å²) in [6.45, 7) is 8.78. The van der Waals surface area contributed by atoms with E-state index in [0.29, 0.717) is 36.6 Å². The van der Waals surface area contributed by atoms with Crippen molar-refractivity contribution in [3.63, 3.8) is 0 Å². The van der Waals surface area contributed by atoms with Crippen LogP contribution in [0.15, 0.2) is 24.3 Å². The lowest BCUT2D eigenvalue weighted by molar-refractivity contribution is 0.0871. The molecule has 4 heterocycles. The highest BCUT2D eigenvalue weighted by atomic mass is 16.5. The number of rotatable bonds is 6. The molecule has 2 bridgehead atoms. The number of fused-ring (bicyclic) bond motifs is 3. The first-order valence-electron chi connectivity index (χ1n) is 9.96. The summed E-state index contributed by atoms with van der Waals surface area (Å²) >= 11 is 0. The number of nitrogens with one attached hydrogen (secondary N) is 1. The number of nitrogen functional groups attached to an aromatic ring is 1. The minimum atomic E-state index is 0.365. The van der Waals surface area contributed by atoms with Crippen LogP contribution in [0.2, 0.25) is 0 Å². The van der Waals surface area contributed by atoms with Crippen molar-refractivity contribution in [3.05, 3.63) is 41.1 Å². The Kier molecular flexibility index (Phi) is 5.16. The zero-order chi connectivity index (χ0) is 18.8. The standard InChI is InChI=1S/C21H29N5O/c1-3-27-21-24-14(2)19(22)20(25-21)23-12-15-4-6-16(7-5-15)18-13-26-10-8-17(18)9-11-26/h4-7,17-18H,3,8-13,22H2,1-2H3,(H,23,24,25). The average molecular weight is 367 g/mol. The largest absolute Gasteiger partial charge is 0.464 e. The van der Waals surface area contributed by atoms with Crippen molar-refractivity contribution in [3.8, 4) is 6.01 Å². The van der Waals surface area contributed by atoms with Crippen molar-refractivity contribution < 1.29 is 4.74 Å². The van der Waals surface area contributed by atoms with Gasteiger partial charge in [0, 0.05) is 13.1 Å². The highest BCUT2D eigenvalue weighted by Crippen LogP contribution is 2.38. The molecular weight excluding hydrogens is 338 g/mol. The first-order valence-corrected chi connectivity index (χ1v) is 9.96. The molecule has 6 heteroatoms. The van der Waals surface area contributed by atoms with Crippen molar-refractivity contribution >= 4 is 11.5 Å². The Labute approximate surface area is 161 Å². The van der Waals surface area contributed by atoms with Gasteiger partial charge in [0.15, 0.2) is 5.82 Å². The minimum absolute atomic E-state index is 0.365. The van der Waals surface area contributed by atoms with Crippen LogP contribution in [0.3, 0.4) is 0 Å². The second kappa shape index (κ2) is 7.72. The summed E-state index contributed by atoms with van der Waals surface area (Å²) in [7, 11) is 0. The van der Waals surface area contributed by atoms with Crippen LogP contribution in [-0.2, 0) is 6.54 Å². The molecule has 1 aromatic carbocycles. The molecule has 6 nitrogen and oxygen atoms in total. The second-order valence-electron chi connectivity index (χ2n) is 7.63. The van der Waals surface area contributed by atoms with Crippen LogP contribution >= 0.6 is 0 Å². The van der Waals surface area contributed by atoms with Crippen LogP contribution in [0.1, 0.15) is 42.5 Å². The zero-order valence-electron chi connectivity index (χ0n) is 16.2. The molecule has 0 radical (unpaired) electrons. The average Bonchev–Trinajstić information content (AvgIpc) is 2.71. The quantitative estimate of drug-likeness (QED) is 0.817. The molecule has 1 unspecified atom stereocenters. The maximum atomic E-state index is 6.12. The first-order chi connectivity index (χ1) is 13.1.